The molecule has 2 atom stereocenters. The van der Waals surface area contributed by atoms with Gasteiger partial charge >= 0.3 is 0 Å². The van der Waals surface area contributed by atoms with E-state index in [-0.39, 0.29) is 12.4 Å². The van der Waals surface area contributed by atoms with Crippen molar-refractivity contribution in [1.82, 2.24) is 5.32 Å². The van der Waals surface area contributed by atoms with Crippen molar-refractivity contribution in [3.05, 3.63) is 71.3 Å². The van der Waals surface area contributed by atoms with E-state index >= 15 is 0 Å². The lowest BCUT2D eigenvalue weighted by atomic mass is 9.84. The lowest BCUT2D eigenvalue weighted by Gasteiger charge is -2.24. The second-order valence-electron chi connectivity index (χ2n) is 5.08. The maximum Gasteiger partial charge on any atom is 0.0243 e. The Morgan fingerprint density at radius 3 is 2.42 bits per heavy atom. The molecule has 0 aromatic heterocycles. The van der Waals surface area contributed by atoms with Crippen LogP contribution >= 0.6 is 12.4 Å². The first-order chi connectivity index (χ1) is 8.86. The van der Waals surface area contributed by atoms with Gasteiger partial charge in [0.15, 0.2) is 0 Å². The summed E-state index contributed by atoms with van der Waals surface area (Å²) < 4.78 is 0. The van der Waals surface area contributed by atoms with E-state index in [9.17, 15) is 0 Å². The molecule has 19 heavy (non-hydrogen) atoms. The van der Waals surface area contributed by atoms with Crippen molar-refractivity contribution in [3.8, 4) is 0 Å². The molecule has 1 aliphatic heterocycles. The fourth-order valence-corrected chi connectivity index (χ4v) is 3.02. The molecule has 0 spiro atoms. The van der Waals surface area contributed by atoms with Crippen LogP contribution in [0, 0.1) is 0 Å². The molecule has 0 amide bonds. The highest BCUT2D eigenvalue weighted by molar-refractivity contribution is 5.85. The Labute approximate surface area is 121 Å². The van der Waals surface area contributed by atoms with Crippen LogP contribution in [0.3, 0.4) is 0 Å². The lowest BCUT2D eigenvalue weighted by Crippen LogP contribution is -2.31. The Hall–Kier alpha value is -1.31. The van der Waals surface area contributed by atoms with Gasteiger partial charge < -0.3 is 5.32 Å². The molecule has 1 heterocycles. The Morgan fingerprint density at radius 1 is 0.947 bits per heavy atom. The van der Waals surface area contributed by atoms with Crippen molar-refractivity contribution in [2.45, 2.75) is 25.3 Å². The number of benzene rings is 2. The third-order valence-electron chi connectivity index (χ3n) is 3.91. The molecule has 100 valence electrons. The van der Waals surface area contributed by atoms with Crippen LogP contribution in [-0.4, -0.2) is 12.6 Å². The molecule has 1 N–H and O–H groups in total. The van der Waals surface area contributed by atoms with E-state index in [0.29, 0.717) is 12.0 Å². The molecule has 2 aromatic rings. The topological polar surface area (TPSA) is 12.0 Å². The Bertz CT molecular complexity index is 524. The molecule has 1 nitrogen and oxygen atoms in total. The molecule has 0 unspecified atom stereocenters. The highest BCUT2D eigenvalue weighted by Gasteiger charge is 2.25. The smallest absolute Gasteiger partial charge is 0.0243 e. The van der Waals surface area contributed by atoms with Crippen LogP contribution in [0.5, 0.6) is 0 Å². The zero-order valence-electron chi connectivity index (χ0n) is 11.2. The monoisotopic (exact) mass is 273 g/mol. The van der Waals surface area contributed by atoms with Crippen LogP contribution in [0.2, 0.25) is 0 Å². The molecule has 1 aliphatic rings. The standard InChI is InChI=1S/C17H19N.ClH/c1-13-17(15-8-3-2-4-9-15)16-10-6-5-7-14(16)11-12-18-13;/h2-10,13,17-18H,11-12H2,1H3;1H/t13-,17+;/m0./s1. The zero-order valence-corrected chi connectivity index (χ0v) is 12.0. The van der Waals surface area contributed by atoms with E-state index in [1.54, 1.807) is 0 Å². The van der Waals surface area contributed by atoms with Gasteiger partial charge in [-0.25, -0.2) is 0 Å². The summed E-state index contributed by atoms with van der Waals surface area (Å²) in [6, 6.07) is 20.2. The van der Waals surface area contributed by atoms with Crippen LogP contribution in [0.1, 0.15) is 29.5 Å². The molecule has 3 rings (SSSR count). The number of halogens is 1. The van der Waals surface area contributed by atoms with Crippen molar-refractivity contribution in [2.75, 3.05) is 6.54 Å². The summed E-state index contributed by atoms with van der Waals surface area (Å²) in [7, 11) is 0. The summed E-state index contributed by atoms with van der Waals surface area (Å²) in [5.74, 6) is 0.463. The summed E-state index contributed by atoms with van der Waals surface area (Å²) in [6.07, 6.45) is 1.13. The fourth-order valence-electron chi connectivity index (χ4n) is 3.02. The predicted molar refractivity (Wildman–Crippen MR) is 83.1 cm³/mol. The van der Waals surface area contributed by atoms with Gasteiger partial charge in [-0.15, -0.1) is 12.4 Å². The van der Waals surface area contributed by atoms with E-state index in [2.05, 4.69) is 66.8 Å². The minimum absolute atomic E-state index is 0. The van der Waals surface area contributed by atoms with Crippen LogP contribution in [0.4, 0.5) is 0 Å². The second kappa shape index (κ2) is 6.23. The van der Waals surface area contributed by atoms with Crippen LogP contribution in [0.25, 0.3) is 0 Å². The van der Waals surface area contributed by atoms with Crippen molar-refractivity contribution in [2.24, 2.45) is 0 Å². The molecule has 0 bridgehead atoms. The minimum atomic E-state index is 0. The number of hydrogen-bond acceptors (Lipinski definition) is 1. The van der Waals surface area contributed by atoms with E-state index in [4.69, 9.17) is 0 Å². The highest BCUT2D eigenvalue weighted by atomic mass is 35.5. The molecule has 2 aromatic carbocycles. The average Bonchev–Trinajstić information content (AvgIpc) is 2.58. The van der Waals surface area contributed by atoms with Gasteiger partial charge in [0.05, 0.1) is 0 Å². The van der Waals surface area contributed by atoms with Gasteiger partial charge in [-0.2, -0.15) is 0 Å². The summed E-state index contributed by atoms with van der Waals surface area (Å²) in [5.41, 5.74) is 4.39. The molecule has 0 fully saturated rings. The highest BCUT2D eigenvalue weighted by Crippen LogP contribution is 2.32. The Morgan fingerprint density at radius 2 is 1.63 bits per heavy atom. The van der Waals surface area contributed by atoms with Gasteiger partial charge in [-0.05, 0) is 36.6 Å². The Balaban J connectivity index is 0.00000133. The first-order valence-corrected chi connectivity index (χ1v) is 6.72. The van der Waals surface area contributed by atoms with Gasteiger partial charge in [-0.1, -0.05) is 54.6 Å². The maximum atomic E-state index is 3.64. The number of rotatable bonds is 1. The van der Waals surface area contributed by atoms with E-state index < -0.39 is 0 Å². The molecular weight excluding hydrogens is 254 g/mol. The lowest BCUT2D eigenvalue weighted by molar-refractivity contribution is 0.521. The predicted octanol–water partition coefficient (Wildman–Crippen LogP) is 3.77. The van der Waals surface area contributed by atoms with Crippen LogP contribution in [0.15, 0.2) is 54.6 Å². The third-order valence-corrected chi connectivity index (χ3v) is 3.91. The average molecular weight is 274 g/mol. The van der Waals surface area contributed by atoms with E-state index in [0.717, 1.165) is 13.0 Å². The maximum absolute atomic E-state index is 3.64. The van der Waals surface area contributed by atoms with Gasteiger partial charge in [0.1, 0.15) is 0 Å². The minimum Gasteiger partial charge on any atom is -0.313 e. The normalized spacial score (nSPS) is 21.9. The summed E-state index contributed by atoms with van der Waals surface area (Å²) in [5, 5.41) is 3.64. The third kappa shape index (κ3) is 2.83. The zero-order chi connectivity index (χ0) is 12.4. The van der Waals surface area contributed by atoms with Crippen molar-refractivity contribution in [1.29, 1.82) is 0 Å². The van der Waals surface area contributed by atoms with Crippen molar-refractivity contribution < 1.29 is 0 Å². The molecule has 0 aliphatic carbocycles. The van der Waals surface area contributed by atoms with E-state index in [1.807, 2.05) is 0 Å². The van der Waals surface area contributed by atoms with E-state index in [1.165, 1.54) is 16.7 Å². The first-order valence-electron chi connectivity index (χ1n) is 6.72. The van der Waals surface area contributed by atoms with Crippen molar-refractivity contribution in [3.63, 3.8) is 0 Å². The largest absolute Gasteiger partial charge is 0.313 e. The Kier molecular flexibility index (Phi) is 4.62. The summed E-state index contributed by atoms with van der Waals surface area (Å²) >= 11 is 0. The molecule has 2 heteroatoms. The fraction of sp³-hybridized carbons (Fsp3) is 0.294. The number of hydrogen-bond donors (Lipinski definition) is 1. The molecule has 0 radical (unpaired) electrons. The van der Waals surface area contributed by atoms with Crippen LogP contribution < -0.4 is 5.32 Å². The van der Waals surface area contributed by atoms with Crippen LogP contribution in [-0.2, 0) is 6.42 Å². The van der Waals surface area contributed by atoms with Gasteiger partial charge in [0.2, 0.25) is 0 Å². The molecular formula is C17H20ClN. The van der Waals surface area contributed by atoms with Gasteiger partial charge in [0.25, 0.3) is 0 Å². The SMILES string of the molecule is C[C@@H]1NCCc2ccccc2[C@H]1c1ccccc1.Cl. The molecule has 0 saturated heterocycles. The second-order valence-corrected chi connectivity index (χ2v) is 5.08. The molecule has 0 saturated carbocycles. The number of nitrogens with one attached hydrogen (secondary N) is 1. The summed E-state index contributed by atoms with van der Waals surface area (Å²) in [6.45, 7) is 3.36. The number of fused-ring (bicyclic) bond motifs is 1. The van der Waals surface area contributed by atoms with Gasteiger partial charge in [0, 0.05) is 12.0 Å². The van der Waals surface area contributed by atoms with Gasteiger partial charge in [-0.3, -0.25) is 0 Å². The quantitative estimate of drug-likeness (QED) is 0.834. The summed E-state index contributed by atoms with van der Waals surface area (Å²) in [4.78, 5) is 0. The first kappa shape index (κ1) is 14.1. The van der Waals surface area contributed by atoms with Crippen molar-refractivity contribution >= 4 is 12.4 Å².